The predicted molar refractivity (Wildman–Crippen MR) is 105 cm³/mol. The molecule has 162 valence electrons. The first-order valence-corrected chi connectivity index (χ1v) is 12.8. The quantitative estimate of drug-likeness (QED) is 0.472. The van der Waals surface area contributed by atoms with Gasteiger partial charge in [-0.2, -0.15) is 0 Å². The van der Waals surface area contributed by atoms with E-state index in [1.54, 1.807) is 28.7 Å². The van der Waals surface area contributed by atoms with E-state index in [-0.39, 0.29) is 12.7 Å². The second kappa shape index (κ2) is 8.13. The van der Waals surface area contributed by atoms with Crippen molar-refractivity contribution in [3.05, 3.63) is 33.1 Å². The molecule has 4 heterocycles. The van der Waals surface area contributed by atoms with Crippen molar-refractivity contribution >= 4 is 29.4 Å². The first kappa shape index (κ1) is 21.6. The Morgan fingerprint density at radius 1 is 1.34 bits per heavy atom. The zero-order valence-corrected chi connectivity index (χ0v) is 18.1. The molecule has 2 unspecified atom stereocenters. The van der Waals surface area contributed by atoms with E-state index in [1.165, 1.54) is 13.1 Å². The van der Waals surface area contributed by atoms with Crippen LogP contribution in [-0.2, 0) is 27.6 Å². The Morgan fingerprint density at radius 2 is 2.07 bits per heavy atom. The molecule has 0 aliphatic carbocycles. The van der Waals surface area contributed by atoms with Gasteiger partial charge in [-0.25, -0.2) is 9.36 Å². The summed E-state index contributed by atoms with van der Waals surface area (Å²) in [6, 6.07) is 1.14. The number of aliphatic hydroxyl groups is 1. The van der Waals surface area contributed by atoms with Crippen LogP contribution in [0.5, 0.6) is 0 Å². The number of fused-ring (bicyclic) bond motifs is 1. The van der Waals surface area contributed by atoms with Crippen molar-refractivity contribution in [2.75, 3.05) is 25.2 Å². The molecule has 0 aromatic carbocycles. The van der Waals surface area contributed by atoms with Gasteiger partial charge in [-0.05, 0) is 6.92 Å². The van der Waals surface area contributed by atoms with Crippen molar-refractivity contribution < 1.29 is 32.7 Å². The van der Waals surface area contributed by atoms with E-state index in [2.05, 4.69) is 4.98 Å². The molecule has 0 amide bonds. The second-order valence-electron chi connectivity index (χ2n) is 7.03. The normalized spacial score (nSPS) is 42.5. The summed E-state index contributed by atoms with van der Waals surface area (Å²) in [5, 5.41) is 11.1. The highest BCUT2D eigenvalue weighted by atomic mass is 33.1. The van der Waals surface area contributed by atoms with Crippen molar-refractivity contribution in [1.82, 2.24) is 9.55 Å². The first-order chi connectivity index (χ1) is 13.7. The lowest BCUT2D eigenvalue weighted by Gasteiger charge is -2.37. The SMILES string of the molecule is CO[C@@H]1CSSCC1OP1(=O)OC[C@H]2O[C@@H](n3ccc(=O)[nH]c3=O)[C@](C)(O)[C@@H]2O1. The maximum Gasteiger partial charge on any atom is 0.475 e. The third kappa shape index (κ3) is 4.12. The molecule has 0 spiro atoms. The van der Waals surface area contributed by atoms with Crippen LogP contribution in [0.15, 0.2) is 21.9 Å². The number of phosphoric acid groups is 1. The second-order valence-corrected chi connectivity index (χ2v) is 11.2. The van der Waals surface area contributed by atoms with Crippen LogP contribution in [0.3, 0.4) is 0 Å². The summed E-state index contributed by atoms with van der Waals surface area (Å²) in [6.45, 7) is 1.25. The third-order valence-corrected chi connectivity index (χ3v) is 8.88. The number of nitrogens with one attached hydrogen (secondary N) is 1. The van der Waals surface area contributed by atoms with E-state index in [9.17, 15) is 19.3 Å². The molecule has 7 atom stereocenters. The van der Waals surface area contributed by atoms with Gasteiger partial charge in [0.25, 0.3) is 5.56 Å². The minimum atomic E-state index is -4.01. The highest BCUT2D eigenvalue weighted by Crippen LogP contribution is 2.60. The summed E-state index contributed by atoms with van der Waals surface area (Å²) < 4.78 is 41.9. The summed E-state index contributed by atoms with van der Waals surface area (Å²) >= 11 is 0. The Hall–Kier alpha value is -0.630. The minimum Gasteiger partial charge on any atom is -0.383 e. The molecule has 2 N–H and O–H groups in total. The lowest BCUT2D eigenvalue weighted by molar-refractivity contribution is -0.0968. The van der Waals surface area contributed by atoms with Crippen LogP contribution < -0.4 is 11.2 Å². The first-order valence-electron chi connectivity index (χ1n) is 8.81. The molecule has 0 radical (unpaired) electrons. The molecule has 3 aliphatic heterocycles. The van der Waals surface area contributed by atoms with E-state index in [0.717, 1.165) is 10.6 Å². The van der Waals surface area contributed by atoms with Gasteiger partial charge in [-0.1, -0.05) is 21.6 Å². The fraction of sp³-hybridized carbons (Fsp3) is 0.733. The smallest absolute Gasteiger partial charge is 0.383 e. The Morgan fingerprint density at radius 3 is 2.76 bits per heavy atom. The molecule has 14 heteroatoms. The van der Waals surface area contributed by atoms with Gasteiger partial charge < -0.3 is 14.6 Å². The van der Waals surface area contributed by atoms with E-state index >= 15 is 0 Å². The van der Waals surface area contributed by atoms with Crippen molar-refractivity contribution in [2.45, 2.75) is 43.2 Å². The minimum absolute atomic E-state index is 0.154. The Labute approximate surface area is 173 Å². The third-order valence-electron chi connectivity index (χ3n) is 4.99. The molecule has 1 aromatic heterocycles. The predicted octanol–water partition coefficient (Wildman–Crippen LogP) is 0.504. The number of phosphoric ester groups is 1. The highest BCUT2D eigenvalue weighted by molar-refractivity contribution is 8.76. The highest BCUT2D eigenvalue weighted by Gasteiger charge is 2.60. The van der Waals surface area contributed by atoms with E-state index in [4.69, 9.17) is 23.0 Å². The van der Waals surface area contributed by atoms with E-state index in [0.29, 0.717) is 11.5 Å². The number of aromatic amines is 1. The molecule has 4 rings (SSSR count). The van der Waals surface area contributed by atoms with Crippen molar-refractivity contribution in [2.24, 2.45) is 0 Å². The van der Waals surface area contributed by atoms with Gasteiger partial charge in [0, 0.05) is 30.9 Å². The van der Waals surface area contributed by atoms with Gasteiger partial charge in [0.05, 0.1) is 12.7 Å². The van der Waals surface area contributed by atoms with Crippen molar-refractivity contribution in [1.29, 1.82) is 0 Å². The van der Waals surface area contributed by atoms with Crippen LogP contribution >= 0.6 is 29.4 Å². The van der Waals surface area contributed by atoms with Gasteiger partial charge >= 0.3 is 13.5 Å². The monoisotopic (exact) mass is 468 g/mol. The van der Waals surface area contributed by atoms with Gasteiger partial charge in [-0.15, -0.1) is 0 Å². The molecular weight excluding hydrogens is 447 g/mol. The largest absolute Gasteiger partial charge is 0.475 e. The van der Waals surface area contributed by atoms with Gasteiger partial charge in [0.2, 0.25) is 0 Å². The number of nitrogens with zero attached hydrogens (tertiary/aromatic N) is 1. The zero-order valence-electron chi connectivity index (χ0n) is 15.6. The lowest BCUT2D eigenvalue weighted by atomic mass is 9.96. The molecule has 11 nitrogen and oxygen atoms in total. The average molecular weight is 468 g/mol. The summed E-state index contributed by atoms with van der Waals surface area (Å²) in [5.74, 6) is 1.20. The Bertz CT molecular complexity index is 922. The Balaban J connectivity index is 1.55. The van der Waals surface area contributed by atoms with Gasteiger partial charge in [-0.3, -0.25) is 27.9 Å². The fourth-order valence-corrected chi connectivity index (χ4v) is 7.72. The fourth-order valence-electron chi connectivity index (χ4n) is 3.47. The molecule has 0 saturated carbocycles. The number of ether oxygens (including phenoxy) is 2. The molecule has 3 aliphatic rings. The number of methoxy groups -OCH3 is 1. The van der Waals surface area contributed by atoms with E-state index < -0.39 is 49.2 Å². The summed E-state index contributed by atoms with van der Waals surface area (Å²) in [7, 11) is 0.740. The van der Waals surface area contributed by atoms with Crippen LogP contribution in [0, 0.1) is 0 Å². The maximum atomic E-state index is 13.1. The molecular formula is C15H21N2O9PS2. The number of H-pyrrole nitrogens is 1. The number of aromatic nitrogens is 2. The van der Waals surface area contributed by atoms with Crippen molar-refractivity contribution in [3.63, 3.8) is 0 Å². The van der Waals surface area contributed by atoms with Crippen LogP contribution in [-0.4, -0.2) is 69.9 Å². The molecule has 0 bridgehead atoms. The zero-order chi connectivity index (χ0) is 20.8. The topological polar surface area (TPSA) is 138 Å². The maximum absolute atomic E-state index is 13.1. The van der Waals surface area contributed by atoms with Crippen molar-refractivity contribution in [3.8, 4) is 0 Å². The molecule has 3 saturated heterocycles. The van der Waals surface area contributed by atoms with Crippen LogP contribution in [0.1, 0.15) is 13.2 Å². The summed E-state index contributed by atoms with van der Waals surface area (Å²) in [6.07, 6.45) is -2.59. The number of hydrogen-bond acceptors (Lipinski definition) is 11. The van der Waals surface area contributed by atoms with Gasteiger partial charge in [0.15, 0.2) is 6.23 Å². The number of hydrogen-bond donors (Lipinski definition) is 2. The lowest BCUT2D eigenvalue weighted by Crippen LogP contribution is -2.49. The average Bonchev–Trinajstić information content (AvgIpc) is 2.92. The van der Waals surface area contributed by atoms with E-state index in [1.807, 2.05) is 0 Å². The molecule has 29 heavy (non-hydrogen) atoms. The molecule has 3 fully saturated rings. The van der Waals surface area contributed by atoms with Crippen LogP contribution in [0.2, 0.25) is 0 Å². The summed E-state index contributed by atoms with van der Waals surface area (Å²) in [5.41, 5.74) is -3.07. The standard InChI is InChI=1S/C15H21N2O9PS2/c1-15(20)12-8(24-13(15)17-4-3-11(18)16-14(17)19)5-23-27(21,26-12)25-10-7-29-28-6-9(10)22-2/h3-4,8-10,12-13,20H,5-7H2,1-2H3,(H,16,18,19)/t8-,9-,10?,12-,13-,15-,27?/m1/s1. The van der Waals surface area contributed by atoms with Crippen LogP contribution in [0.25, 0.3) is 0 Å². The summed E-state index contributed by atoms with van der Waals surface area (Å²) in [4.78, 5) is 25.5. The Kier molecular flexibility index (Phi) is 6.06. The van der Waals surface area contributed by atoms with Gasteiger partial charge in [0.1, 0.15) is 23.9 Å². The number of rotatable bonds is 4. The molecule has 1 aromatic rings. The van der Waals surface area contributed by atoms with Crippen LogP contribution in [0.4, 0.5) is 0 Å².